The molecule has 0 bridgehead atoms. The molecule has 0 atom stereocenters. The van der Waals surface area contributed by atoms with E-state index in [1.54, 1.807) is 6.20 Å². The van der Waals surface area contributed by atoms with E-state index < -0.39 is 0 Å². The second kappa shape index (κ2) is 4.95. The highest BCUT2D eigenvalue weighted by Crippen LogP contribution is 2.30. The lowest BCUT2D eigenvalue weighted by Crippen LogP contribution is -2.25. The number of nitrogens with zero attached hydrogens (tertiary/aromatic N) is 2. The molecular formula is C12H17ClN2. The molecule has 1 aromatic heterocycles. The molecular weight excluding hydrogens is 208 g/mol. The number of hydrogen-bond acceptors (Lipinski definition) is 2. The normalized spacial score (nSPS) is 15.9. The third-order valence-corrected chi connectivity index (χ3v) is 3.06. The minimum absolute atomic E-state index is 0.780. The molecule has 0 unspecified atom stereocenters. The van der Waals surface area contributed by atoms with Crippen LogP contribution in [-0.4, -0.2) is 23.0 Å². The van der Waals surface area contributed by atoms with E-state index >= 15 is 0 Å². The summed E-state index contributed by atoms with van der Waals surface area (Å²) in [5.74, 6) is 0.934. The van der Waals surface area contributed by atoms with Crippen LogP contribution in [0.5, 0.6) is 0 Å². The first-order valence-electron chi connectivity index (χ1n) is 5.60. The summed E-state index contributed by atoms with van der Waals surface area (Å²) in [5.41, 5.74) is 1.07. The summed E-state index contributed by atoms with van der Waals surface area (Å²) in [6, 6.07) is 3.78. The van der Waals surface area contributed by atoms with Crippen LogP contribution in [0.2, 0.25) is 5.02 Å². The molecule has 1 heterocycles. The maximum atomic E-state index is 5.93. The largest absolute Gasteiger partial charge is 0.298 e. The van der Waals surface area contributed by atoms with Crippen LogP contribution in [-0.2, 0) is 6.54 Å². The quantitative estimate of drug-likeness (QED) is 0.765. The predicted octanol–water partition coefficient (Wildman–Crippen LogP) is 2.97. The van der Waals surface area contributed by atoms with E-state index in [1.165, 1.54) is 19.4 Å². The molecule has 0 amide bonds. The summed E-state index contributed by atoms with van der Waals surface area (Å²) < 4.78 is 0. The monoisotopic (exact) mass is 224 g/mol. The Labute approximate surface area is 96.3 Å². The average Bonchev–Trinajstić information content (AvgIpc) is 3.01. The van der Waals surface area contributed by atoms with E-state index in [0.717, 1.165) is 29.7 Å². The number of pyridine rings is 1. The van der Waals surface area contributed by atoms with E-state index in [9.17, 15) is 0 Å². The zero-order valence-corrected chi connectivity index (χ0v) is 9.87. The van der Waals surface area contributed by atoms with Gasteiger partial charge in [-0.3, -0.25) is 9.88 Å². The van der Waals surface area contributed by atoms with Crippen molar-refractivity contribution in [3.05, 3.63) is 29.0 Å². The fourth-order valence-corrected chi connectivity index (χ4v) is 1.92. The van der Waals surface area contributed by atoms with Crippen molar-refractivity contribution in [3.63, 3.8) is 0 Å². The van der Waals surface area contributed by atoms with Crippen molar-refractivity contribution in [2.75, 3.05) is 13.1 Å². The van der Waals surface area contributed by atoms with E-state index in [-0.39, 0.29) is 0 Å². The SMILES string of the molecule is CCN(Cc1cc(Cl)ccn1)CC1CC1. The molecule has 1 aromatic rings. The minimum Gasteiger partial charge on any atom is -0.298 e. The molecule has 15 heavy (non-hydrogen) atoms. The van der Waals surface area contributed by atoms with Crippen LogP contribution in [0.4, 0.5) is 0 Å². The summed E-state index contributed by atoms with van der Waals surface area (Å²) >= 11 is 5.93. The van der Waals surface area contributed by atoms with E-state index in [4.69, 9.17) is 11.6 Å². The van der Waals surface area contributed by atoms with Gasteiger partial charge in [-0.2, -0.15) is 0 Å². The van der Waals surface area contributed by atoms with Crippen molar-refractivity contribution >= 4 is 11.6 Å². The van der Waals surface area contributed by atoms with Gasteiger partial charge in [-0.05, 0) is 37.4 Å². The van der Waals surface area contributed by atoms with Crippen molar-refractivity contribution in [2.24, 2.45) is 5.92 Å². The average molecular weight is 225 g/mol. The maximum Gasteiger partial charge on any atom is 0.0558 e. The molecule has 2 rings (SSSR count). The lowest BCUT2D eigenvalue weighted by molar-refractivity contribution is 0.265. The summed E-state index contributed by atoms with van der Waals surface area (Å²) in [7, 11) is 0. The Morgan fingerprint density at radius 3 is 2.93 bits per heavy atom. The van der Waals surface area contributed by atoms with Crippen molar-refractivity contribution in [3.8, 4) is 0 Å². The van der Waals surface area contributed by atoms with E-state index in [0.29, 0.717) is 0 Å². The van der Waals surface area contributed by atoms with Gasteiger partial charge in [0.05, 0.1) is 5.69 Å². The van der Waals surface area contributed by atoms with Crippen molar-refractivity contribution < 1.29 is 0 Å². The first-order chi connectivity index (χ1) is 7.28. The predicted molar refractivity (Wildman–Crippen MR) is 62.9 cm³/mol. The second-order valence-corrected chi connectivity index (χ2v) is 4.67. The van der Waals surface area contributed by atoms with E-state index in [2.05, 4.69) is 16.8 Å². The molecule has 2 nitrogen and oxygen atoms in total. The van der Waals surface area contributed by atoms with Crippen molar-refractivity contribution in [1.29, 1.82) is 0 Å². The summed E-state index contributed by atoms with van der Waals surface area (Å²) in [5, 5.41) is 0.780. The van der Waals surface area contributed by atoms with Gasteiger partial charge in [0.15, 0.2) is 0 Å². The first-order valence-corrected chi connectivity index (χ1v) is 5.98. The van der Waals surface area contributed by atoms with Gasteiger partial charge in [-0.15, -0.1) is 0 Å². The highest BCUT2D eigenvalue weighted by atomic mass is 35.5. The summed E-state index contributed by atoms with van der Waals surface area (Å²) in [6.07, 6.45) is 4.58. The molecule has 1 aliphatic rings. The third-order valence-electron chi connectivity index (χ3n) is 2.82. The Bertz CT molecular complexity index is 323. The maximum absolute atomic E-state index is 5.93. The highest BCUT2D eigenvalue weighted by Gasteiger charge is 2.23. The molecule has 1 fully saturated rings. The van der Waals surface area contributed by atoms with Gasteiger partial charge in [0, 0.05) is 24.3 Å². The molecule has 1 saturated carbocycles. The molecule has 1 aliphatic carbocycles. The Morgan fingerprint density at radius 1 is 1.53 bits per heavy atom. The summed E-state index contributed by atoms with van der Waals surface area (Å²) in [4.78, 5) is 6.77. The van der Waals surface area contributed by atoms with Gasteiger partial charge >= 0.3 is 0 Å². The fraction of sp³-hybridized carbons (Fsp3) is 0.583. The number of aromatic nitrogens is 1. The smallest absolute Gasteiger partial charge is 0.0558 e. The second-order valence-electron chi connectivity index (χ2n) is 4.24. The van der Waals surface area contributed by atoms with Crippen LogP contribution in [0.3, 0.4) is 0 Å². The lowest BCUT2D eigenvalue weighted by atomic mass is 10.3. The molecule has 3 heteroatoms. The zero-order valence-electron chi connectivity index (χ0n) is 9.12. The van der Waals surface area contributed by atoms with Gasteiger partial charge in [0.1, 0.15) is 0 Å². The van der Waals surface area contributed by atoms with Crippen LogP contribution in [0.15, 0.2) is 18.3 Å². The van der Waals surface area contributed by atoms with Crippen LogP contribution >= 0.6 is 11.6 Å². The molecule has 0 N–H and O–H groups in total. The summed E-state index contributed by atoms with van der Waals surface area (Å²) in [6.45, 7) is 5.43. The fourth-order valence-electron chi connectivity index (χ4n) is 1.74. The number of rotatable bonds is 5. The highest BCUT2D eigenvalue weighted by molar-refractivity contribution is 6.30. The van der Waals surface area contributed by atoms with Gasteiger partial charge in [0.2, 0.25) is 0 Å². The van der Waals surface area contributed by atoms with Crippen LogP contribution < -0.4 is 0 Å². The molecule has 0 aromatic carbocycles. The van der Waals surface area contributed by atoms with Gasteiger partial charge in [-0.1, -0.05) is 18.5 Å². The first kappa shape index (κ1) is 10.9. The van der Waals surface area contributed by atoms with Crippen LogP contribution in [0.25, 0.3) is 0 Å². The molecule has 0 spiro atoms. The molecule has 0 saturated heterocycles. The zero-order chi connectivity index (χ0) is 10.7. The lowest BCUT2D eigenvalue weighted by Gasteiger charge is -2.19. The number of hydrogen-bond donors (Lipinski definition) is 0. The molecule has 0 radical (unpaired) electrons. The van der Waals surface area contributed by atoms with Gasteiger partial charge in [0.25, 0.3) is 0 Å². The molecule has 0 aliphatic heterocycles. The van der Waals surface area contributed by atoms with Gasteiger partial charge < -0.3 is 0 Å². The topological polar surface area (TPSA) is 16.1 Å². The Balaban J connectivity index is 1.92. The molecule has 82 valence electrons. The van der Waals surface area contributed by atoms with Crippen LogP contribution in [0, 0.1) is 5.92 Å². The van der Waals surface area contributed by atoms with Crippen LogP contribution in [0.1, 0.15) is 25.5 Å². The Hall–Kier alpha value is -0.600. The van der Waals surface area contributed by atoms with Crippen molar-refractivity contribution in [1.82, 2.24) is 9.88 Å². The standard InChI is InChI=1S/C12H17ClN2/c1-2-15(8-10-3-4-10)9-12-7-11(13)5-6-14-12/h5-7,10H,2-4,8-9H2,1H3. The Kier molecular flexibility index (Phi) is 3.60. The van der Waals surface area contributed by atoms with Crippen molar-refractivity contribution in [2.45, 2.75) is 26.3 Å². The van der Waals surface area contributed by atoms with Gasteiger partial charge in [-0.25, -0.2) is 0 Å². The number of halogens is 1. The minimum atomic E-state index is 0.780. The third kappa shape index (κ3) is 3.47. The Morgan fingerprint density at radius 2 is 2.33 bits per heavy atom. The van der Waals surface area contributed by atoms with E-state index in [1.807, 2.05) is 12.1 Å².